The Bertz CT molecular complexity index is 1300. The molecule has 2 aromatic heterocycles. The molecule has 32 heavy (non-hydrogen) atoms. The summed E-state index contributed by atoms with van der Waals surface area (Å²) in [6.45, 7) is 5.36. The number of fused-ring (bicyclic) bond motifs is 3. The van der Waals surface area contributed by atoms with E-state index in [1.54, 1.807) is 23.1 Å². The Kier molecular flexibility index (Phi) is 5.93. The topological polar surface area (TPSA) is 44.1 Å². The molecule has 0 bridgehead atoms. The standard InChI is InChI=1S/C26H26N2O2S2/c1-3-26(2)14-20-21(16-30-26)32-23-22(20)24(29)28(15-18-10-6-4-7-11-18)25(27-23)31-17-19-12-8-5-9-13-19/h4-13H,3,14-17H2,1-2H3. The fraction of sp³-hybridized carbons (Fsp3) is 0.308. The average Bonchev–Trinajstić information content (AvgIpc) is 3.18. The SMILES string of the molecule is CCC1(C)Cc2c(sc3nc(SCc4ccccc4)n(Cc4ccccc4)c(=O)c23)CO1. The maximum absolute atomic E-state index is 13.9. The number of thioether (sulfide) groups is 1. The van der Waals surface area contributed by atoms with Crippen LogP contribution in [-0.4, -0.2) is 15.2 Å². The van der Waals surface area contributed by atoms with E-state index in [9.17, 15) is 4.79 Å². The van der Waals surface area contributed by atoms with E-state index < -0.39 is 0 Å². The minimum absolute atomic E-state index is 0.0623. The van der Waals surface area contributed by atoms with Crippen molar-refractivity contribution in [1.29, 1.82) is 0 Å². The second-order valence-corrected chi connectivity index (χ2v) is 10.5. The summed E-state index contributed by atoms with van der Waals surface area (Å²) >= 11 is 3.24. The third-order valence-corrected chi connectivity index (χ3v) is 8.35. The van der Waals surface area contributed by atoms with Crippen molar-refractivity contribution in [3.05, 3.63) is 92.6 Å². The molecule has 4 aromatic rings. The van der Waals surface area contributed by atoms with Gasteiger partial charge in [0, 0.05) is 17.1 Å². The van der Waals surface area contributed by atoms with Crippen LogP contribution in [0.2, 0.25) is 0 Å². The van der Waals surface area contributed by atoms with E-state index >= 15 is 0 Å². The van der Waals surface area contributed by atoms with Crippen molar-refractivity contribution in [3.8, 4) is 0 Å². The van der Waals surface area contributed by atoms with Gasteiger partial charge in [0.25, 0.3) is 5.56 Å². The molecule has 6 heteroatoms. The van der Waals surface area contributed by atoms with Crippen molar-refractivity contribution in [2.45, 2.75) is 56.4 Å². The zero-order chi connectivity index (χ0) is 22.1. The molecule has 0 saturated heterocycles. The second-order valence-electron chi connectivity index (χ2n) is 8.50. The second kappa shape index (κ2) is 8.85. The third-order valence-electron chi connectivity index (χ3n) is 6.20. The average molecular weight is 463 g/mol. The van der Waals surface area contributed by atoms with Gasteiger partial charge in [-0.2, -0.15) is 0 Å². The van der Waals surface area contributed by atoms with E-state index in [0.29, 0.717) is 13.2 Å². The van der Waals surface area contributed by atoms with Crippen LogP contribution < -0.4 is 5.56 Å². The van der Waals surface area contributed by atoms with Crippen molar-refractivity contribution in [2.24, 2.45) is 0 Å². The van der Waals surface area contributed by atoms with Crippen LogP contribution in [-0.2, 0) is 30.1 Å². The van der Waals surface area contributed by atoms with Crippen molar-refractivity contribution in [1.82, 2.24) is 9.55 Å². The Labute approximate surface area is 196 Å². The molecule has 3 heterocycles. The minimum Gasteiger partial charge on any atom is -0.369 e. The zero-order valence-electron chi connectivity index (χ0n) is 18.3. The molecule has 164 valence electrons. The van der Waals surface area contributed by atoms with Gasteiger partial charge in [0.2, 0.25) is 0 Å². The predicted octanol–water partition coefficient (Wildman–Crippen LogP) is 6.04. The van der Waals surface area contributed by atoms with Gasteiger partial charge in [-0.1, -0.05) is 79.3 Å². The van der Waals surface area contributed by atoms with Gasteiger partial charge in [-0.15, -0.1) is 11.3 Å². The first-order valence-corrected chi connectivity index (χ1v) is 12.8. The first kappa shape index (κ1) is 21.4. The van der Waals surface area contributed by atoms with Gasteiger partial charge >= 0.3 is 0 Å². The molecule has 1 aliphatic heterocycles. The highest BCUT2D eigenvalue weighted by Crippen LogP contribution is 2.39. The van der Waals surface area contributed by atoms with E-state index in [4.69, 9.17) is 9.72 Å². The van der Waals surface area contributed by atoms with Crippen LogP contribution >= 0.6 is 23.1 Å². The van der Waals surface area contributed by atoms with Crippen LogP contribution in [0, 0.1) is 0 Å². The molecule has 0 N–H and O–H groups in total. The lowest BCUT2D eigenvalue weighted by atomic mass is 9.90. The summed E-state index contributed by atoms with van der Waals surface area (Å²) in [6, 6.07) is 20.5. The molecule has 0 amide bonds. The zero-order valence-corrected chi connectivity index (χ0v) is 20.0. The number of nitrogens with zero attached hydrogens (tertiary/aromatic N) is 2. The highest BCUT2D eigenvalue weighted by Gasteiger charge is 2.33. The number of hydrogen-bond acceptors (Lipinski definition) is 5. The van der Waals surface area contributed by atoms with Crippen molar-refractivity contribution >= 4 is 33.3 Å². The molecule has 1 unspecified atom stereocenters. The smallest absolute Gasteiger partial charge is 0.263 e. The van der Waals surface area contributed by atoms with Gasteiger partial charge in [0.05, 0.1) is 24.1 Å². The van der Waals surface area contributed by atoms with Crippen LogP contribution in [0.5, 0.6) is 0 Å². The quantitative estimate of drug-likeness (QED) is 0.259. The lowest BCUT2D eigenvalue weighted by molar-refractivity contribution is -0.0543. The van der Waals surface area contributed by atoms with E-state index in [-0.39, 0.29) is 11.2 Å². The molecular weight excluding hydrogens is 436 g/mol. The van der Waals surface area contributed by atoms with Crippen molar-refractivity contribution in [3.63, 3.8) is 0 Å². The molecule has 4 nitrogen and oxygen atoms in total. The number of thiophene rings is 1. The van der Waals surface area contributed by atoms with Crippen LogP contribution in [0.15, 0.2) is 70.6 Å². The molecular formula is C26H26N2O2S2. The van der Waals surface area contributed by atoms with Crippen LogP contribution in [0.4, 0.5) is 0 Å². The van der Waals surface area contributed by atoms with Gasteiger partial charge in [0.1, 0.15) is 4.83 Å². The molecule has 0 aliphatic carbocycles. The van der Waals surface area contributed by atoms with Gasteiger partial charge in [0.15, 0.2) is 5.16 Å². The van der Waals surface area contributed by atoms with Crippen LogP contribution in [0.1, 0.15) is 41.8 Å². The maximum Gasteiger partial charge on any atom is 0.263 e. The summed E-state index contributed by atoms with van der Waals surface area (Å²) in [5, 5.41) is 1.56. The summed E-state index contributed by atoms with van der Waals surface area (Å²) in [5.74, 6) is 0.773. The highest BCUT2D eigenvalue weighted by molar-refractivity contribution is 7.98. The van der Waals surface area contributed by atoms with E-state index in [0.717, 1.165) is 50.0 Å². The minimum atomic E-state index is -0.224. The van der Waals surface area contributed by atoms with E-state index in [1.165, 1.54) is 5.56 Å². The molecule has 1 atom stereocenters. The summed E-state index contributed by atoms with van der Waals surface area (Å²) in [7, 11) is 0. The monoisotopic (exact) mass is 462 g/mol. The summed E-state index contributed by atoms with van der Waals surface area (Å²) in [4.78, 5) is 20.9. The first-order valence-electron chi connectivity index (χ1n) is 11.0. The third kappa shape index (κ3) is 4.15. The molecule has 1 aliphatic rings. The number of hydrogen-bond donors (Lipinski definition) is 0. The van der Waals surface area contributed by atoms with Crippen LogP contribution in [0.3, 0.4) is 0 Å². The molecule has 0 saturated carbocycles. The van der Waals surface area contributed by atoms with Gasteiger partial charge < -0.3 is 4.74 Å². The largest absolute Gasteiger partial charge is 0.369 e. The van der Waals surface area contributed by atoms with E-state index in [2.05, 4.69) is 38.1 Å². The Morgan fingerprint density at radius 3 is 2.47 bits per heavy atom. The lowest BCUT2D eigenvalue weighted by Gasteiger charge is -2.32. The Hall–Kier alpha value is -2.41. The number of ether oxygens (including phenoxy) is 1. The van der Waals surface area contributed by atoms with Gasteiger partial charge in [-0.25, -0.2) is 4.98 Å². The molecule has 0 radical (unpaired) electrons. The maximum atomic E-state index is 13.9. The number of aromatic nitrogens is 2. The van der Waals surface area contributed by atoms with Crippen molar-refractivity contribution < 1.29 is 4.74 Å². The molecule has 0 spiro atoms. The normalized spacial score (nSPS) is 18.1. The van der Waals surface area contributed by atoms with E-state index in [1.807, 2.05) is 41.0 Å². The molecule has 2 aromatic carbocycles. The first-order chi connectivity index (χ1) is 15.6. The van der Waals surface area contributed by atoms with Crippen LogP contribution in [0.25, 0.3) is 10.2 Å². The Balaban J connectivity index is 1.61. The molecule has 0 fully saturated rings. The summed E-state index contributed by atoms with van der Waals surface area (Å²) in [6.07, 6.45) is 1.68. The predicted molar refractivity (Wildman–Crippen MR) is 133 cm³/mol. The Morgan fingerprint density at radius 2 is 1.78 bits per heavy atom. The summed E-state index contributed by atoms with van der Waals surface area (Å²) < 4.78 is 8.00. The van der Waals surface area contributed by atoms with Gasteiger partial charge in [-0.05, 0) is 30.0 Å². The highest BCUT2D eigenvalue weighted by atomic mass is 32.2. The lowest BCUT2D eigenvalue weighted by Crippen LogP contribution is -2.34. The fourth-order valence-electron chi connectivity index (χ4n) is 4.10. The number of benzene rings is 2. The van der Waals surface area contributed by atoms with Crippen molar-refractivity contribution in [2.75, 3.05) is 0 Å². The summed E-state index contributed by atoms with van der Waals surface area (Å²) in [5.41, 5.74) is 3.30. The fourth-order valence-corrected chi connectivity index (χ4v) is 6.20. The number of rotatable bonds is 6. The van der Waals surface area contributed by atoms with Gasteiger partial charge in [-0.3, -0.25) is 9.36 Å². The molecule has 5 rings (SSSR count). The Morgan fingerprint density at radius 1 is 1.09 bits per heavy atom.